The van der Waals surface area contributed by atoms with Crippen LogP contribution < -0.4 is 5.73 Å². The molecule has 7 aromatic rings. The van der Waals surface area contributed by atoms with Crippen LogP contribution in [0.4, 0.5) is 5.82 Å². The number of hydrogen-bond donors (Lipinski definition) is 1. The van der Waals surface area contributed by atoms with E-state index in [0.717, 1.165) is 10.9 Å². The van der Waals surface area contributed by atoms with Crippen molar-refractivity contribution in [2.24, 2.45) is 0 Å². The second kappa shape index (κ2) is 5.93. The molecule has 2 heteroatoms. The Balaban J connectivity index is 1.90. The van der Waals surface area contributed by atoms with Gasteiger partial charge in [0.25, 0.3) is 0 Å². The number of nitrogens with two attached hydrogens (primary N) is 1. The van der Waals surface area contributed by atoms with Crippen LogP contribution in [0.1, 0.15) is 0 Å². The summed E-state index contributed by atoms with van der Waals surface area (Å²) in [6.07, 6.45) is 0. The molecule has 0 fully saturated rings. The fourth-order valence-electron chi connectivity index (χ4n) is 5.22. The minimum Gasteiger partial charge on any atom is -0.384 e. The summed E-state index contributed by atoms with van der Waals surface area (Å²) in [6.45, 7) is 0. The van der Waals surface area contributed by atoms with E-state index in [1.807, 2.05) is 6.07 Å². The third-order valence-electron chi connectivity index (χ3n) is 6.55. The summed E-state index contributed by atoms with van der Waals surface area (Å²) >= 11 is 0. The van der Waals surface area contributed by atoms with Gasteiger partial charge in [0, 0.05) is 16.2 Å². The Morgan fingerprint density at radius 2 is 0.903 bits per heavy atom. The van der Waals surface area contributed by atoms with Gasteiger partial charge in [0.1, 0.15) is 5.82 Å². The molecular formula is C29H18N2. The van der Waals surface area contributed by atoms with Gasteiger partial charge in [-0.1, -0.05) is 84.9 Å². The Labute approximate surface area is 178 Å². The topological polar surface area (TPSA) is 38.9 Å². The quantitative estimate of drug-likeness (QED) is 0.269. The van der Waals surface area contributed by atoms with Gasteiger partial charge in [0.2, 0.25) is 0 Å². The molecule has 0 aliphatic rings. The third-order valence-corrected chi connectivity index (χ3v) is 6.55. The third kappa shape index (κ3) is 2.19. The first-order valence-electron chi connectivity index (χ1n) is 10.5. The number of rotatable bonds is 0. The first kappa shape index (κ1) is 16.6. The number of anilines is 1. The monoisotopic (exact) mass is 394 g/mol. The van der Waals surface area contributed by atoms with Gasteiger partial charge < -0.3 is 5.73 Å². The summed E-state index contributed by atoms with van der Waals surface area (Å²) in [5, 5.41) is 13.6. The van der Waals surface area contributed by atoms with E-state index >= 15 is 0 Å². The molecular weight excluding hydrogens is 376 g/mol. The molecule has 6 aromatic carbocycles. The van der Waals surface area contributed by atoms with E-state index in [1.54, 1.807) is 0 Å². The van der Waals surface area contributed by atoms with Crippen molar-refractivity contribution in [3.63, 3.8) is 0 Å². The molecule has 0 saturated heterocycles. The first-order chi connectivity index (χ1) is 15.3. The van der Waals surface area contributed by atoms with Gasteiger partial charge in [-0.25, -0.2) is 4.98 Å². The lowest BCUT2D eigenvalue weighted by Crippen LogP contribution is -1.92. The van der Waals surface area contributed by atoms with Crippen molar-refractivity contribution < 1.29 is 0 Å². The molecule has 0 aliphatic carbocycles. The molecule has 31 heavy (non-hydrogen) atoms. The van der Waals surface area contributed by atoms with Crippen molar-refractivity contribution >= 4 is 70.6 Å². The lowest BCUT2D eigenvalue weighted by atomic mass is 9.88. The van der Waals surface area contributed by atoms with Gasteiger partial charge >= 0.3 is 0 Å². The summed E-state index contributed by atoms with van der Waals surface area (Å²) < 4.78 is 0. The van der Waals surface area contributed by atoms with Crippen molar-refractivity contribution in [1.82, 2.24) is 4.98 Å². The molecule has 7 rings (SSSR count). The van der Waals surface area contributed by atoms with Gasteiger partial charge in [0.15, 0.2) is 0 Å². The number of nitrogen functional groups attached to an aromatic ring is 1. The molecule has 0 aliphatic heterocycles. The molecule has 1 aromatic heterocycles. The highest BCUT2D eigenvalue weighted by molar-refractivity contribution is 6.37. The largest absolute Gasteiger partial charge is 0.384 e. The highest BCUT2D eigenvalue weighted by Crippen LogP contribution is 2.42. The zero-order valence-electron chi connectivity index (χ0n) is 16.8. The molecule has 144 valence electrons. The predicted octanol–water partition coefficient (Wildman–Crippen LogP) is 7.58. The van der Waals surface area contributed by atoms with E-state index in [1.165, 1.54) is 53.9 Å². The summed E-state index contributed by atoms with van der Waals surface area (Å²) in [7, 11) is 0. The average molecular weight is 394 g/mol. The Hall–Kier alpha value is -4.17. The number of aromatic nitrogens is 1. The molecule has 0 unspecified atom stereocenters. The minimum absolute atomic E-state index is 0.549. The fourth-order valence-corrected chi connectivity index (χ4v) is 5.22. The van der Waals surface area contributed by atoms with Crippen molar-refractivity contribution in [3.05, 3.63) is 97.1 Å². The number of hydrogen-bond acceptors (Lipinski definition) is 2. The van der Waals surface area contributed by atoms with E-state index in [9.17, 15) is 0 Å². The van der Waals surface area contributed by atoms with E-state index in [-0.39, 0.29) is 0 Å². The van der Waals surface area contributed by atoms with E-state index in [2.05, 4.69) is 91.0 Å². The molecule has 2 nitrogen and oxygen atoms in total. The number of nitrogens with zero attached hydrogens (tertiary/aromatic N) is 1. The summed E-state index contributed by atoms with van der Waals surface area (Å²) in [6, 6.07) is 34.6. The zero-order valence-corrected chi connectivity index (χ0v) is 16.8. The van der Waals surface area contributed by atoms with Crippen molar-refractivity contribution in [2.45, 2.75) is 0 Å². The Morgan fingerprint density at radius 3 is 1.61 bits per heavy atom. The maximum Gasteiger partial charge on any atom is 0.124 e. The zero-order chi connectivity index (χ0) is 20.5. The second-order valence-electron chi connectivity index (χ2n) is 8.21. The second-order valence-corrected chi connectivity index (χ2v) is 8.21. The van der Waals surface area contributed by atoms with Gasteiger partial charge in [0.05, 0.1) is 5.52 Å². The highest BCUT2D eigenvalue weighted by Gasteiger charge is 2.15. The number of fused-ring (bicyclic) bond motifs is 12. The van der Waals surface area contributed by atoms with Crippen LogP contribution in [0.3, 0.4) is 0 Å². The maximum absolute atomic E-state index is 6.13. The molecule has 0 spiro atoms. The van der Waals surface area contributed by atoms with Crippen LogP contribution in [0.15, 0.2) is 97.1 Å². The smallest absolute Gasteiger partial charge is 0.124 e. The molecule has 0 atom stereocenters. The van der Waals surface area contributed by atoms with Crippen LogP contribution in [-0.2, 0) is 0 Å². The van der Waals surface area contributed by atoms with Crippen molar-refractivity contribution in [2.75, 3.05) is 5.73 Å². The van der Waals surface area contributed by atoms with Crippen molar-refractivity contribution in [1.29, 1.82) is 0 Å². The molecule has 0 bridgehead atoms. The van der Waals surface area contributed by atoms with Crippen LogP contribution in [0.5, 0.6) is 0 Å². The number of benzene rings is 6. The molecule has 0 saturated carbocycles. The van der Waals surface area contributed by atoms with Gasteiger partial charge in [-0.3, -0.25) is 0 Å². The van der Waals surface area contributed by atoms with Crippen LogP contribution in [0.25, 0.3) is 64.8 Å². The van der Waals surface area contributed by atoms with Gasteiger partial charge in [-0.15, -0.1) is 0 Å². The number of pyridine rings is 1. The highest BCUT2D eigenvalue weighted by atomic mass is 14.8. The molecule has 1 heterocycles. The summed E-state index contributed by atoms with van der Waals surface area (Å²) in [5.74, 6) is 0.549. The van der Waals surface area contributed by atoms with Crippen LogP contribution in [-0.4, -0.2) is 4.98 Å². The fraction of sp³-hybridized carbons (Fsp3) is 0. The molecule has 0 amide bonds. The SMILES string of the molecule is Nc1ccc2ccc3ccc4ccc5c6ccccc6c6ccccc6c5c4c3c2n1. The molecule has 0 radical (unpaired) electrons. The van der Waals surface area contributed by atoms with Crippen LogP contribution >= 0.6 is 0 Å². The Bertz CT molecular complexity index is 1810. The normalized spacial score (nSPS) is 12.0. The Morgan fingerprint density at radius 1 is 0.419 bits per heavy atom. The van der Waals surface area contributed by atoms with Crippen LogP contribution in [0, 0.1) is 0 Å². The Kier molecular flexibility index (Phi) is 3.18. The lowest BCUT2D eigenvalue weighted by molar-refractivity contribution is 1.43. The lowest BCUT2D eigenvalue weighted by Gasteiger charge is -2.15. The molecule has 2 N–H and O–H groups in total. The van der Waals surface area contributed by atoms with Gasteiger partial charge in [-0.05, 0) is 55.2 Å². The average Bonchev–Trinajstić information content (AvgIpc) is 2.83. The summed E-state index contributed by atoms with van der Waals surface area (Å²) in [5.41, 5.74) is 7.09. The van der Waals surface area contributed by atoms with E-state index in [4.69, 9.17) is 10.7 Å². The first-order valence-corrected chi connectivity index (χ1v) is 10.5. The minimum atomic E-state index is 0.549. The van der Waals surface area contributed by atoms with Crippen LogP contribution in [0.2, 0.25) is 0 Å². The standard InChI is InChI=1S/C29H18N2/c30-25-16-14-19-12-11-18-10-9-17-13-15-24-22-7-2-1-5-20(22)21-6-3-4-8-23(21)28(24)26(17)27(18)29(19)31-25/h1-16H,(H2,30,31). The van der Waals surface area contributed by atoms with E-state index < -0.39 is 0 Å². The van der Waals surface area contributed by atoms with Crippen molar-refractivity contribution in [3.8, 4) is 0 Å². The van der Waals surface area contributed by atoms with Gasteiger partial charge in [-0.2, -0.15) is 0 Å². The maximum atomic E-state index is 6.13. The van der Waals surface area contributed by atoms with E-state index in [0.29, 0.717) is 5.82 Å². The predicted molar refractivity (Wildman–Crippen MR) is 134 cm³/mol. The summed E-state index contributed by atoms with van der Waals surface area (Å²) in [4.78, 5) is 4.78.